The summed E-state index contributed by atoms with van der Waals surface area (Å²) in [5, 5.41) is 18.0. The Bertz CT molecular complexity index is 74.9. The molecule has 0 spiro atoms. The van der Waals surface area contributed by atoms with Crippen LogP contribution in [-0.2, 0) is 0 Å². The minimum atomic E-state index is -0.709. The monoisotopic (exact) mass is 120 g/mol. The van der Waals surface area contributed by atoms with Crippen molar-refractivity contribution in [3.05, 3.63) is 0 Å². The molecule has 0 radical (unpaired) electrons. The smallest absolute Gasteiger partial charge is 0.338 e. The highest BCUT2D eigenvalue weighted by Gasteiger charge is 1.91. The molecule has 0 heterocycles. The molecule has 0 aliphatic carbocycles. The average molecular weight is 120 g/mol. The molecule has 5 heteroatoms. The molecule has 0 aliphatic heterocycles. The van der Waals surface area contributed by atoms with Crippen molar-refractivity contribution in [2.75, 3.05) is 13.2 Å². The van der Waals surface area contributed by atoms with Crippen LogP contribution in [0.3, 0.4) is 0 Å². The van der Waals surface area contributed by atoms with Gasteiger partial charge in [-0.1, -0.05) is 0 Å². The summed E-state index contributed by atoms with van der Waals surface area (Å²) in [6.07, 6.45) is 0. The summed E-state index contributed by atoms with van der Waals surface area (Å²) < 4.78 is 0. The highest BCUT2D eigenvalue weighted by Crippen LogP contribution is 1.57. The molecular formula is C3H8N2O3. The number of carbonyl (C=O) groups is 1. The highest BCUT2D eigenvalue weighted by atomic mass is 16.5. The maximum Gasteiger partial charge on any atom is 0.338 e. The van der Waals surface area contributed by atoms with Crippen LogP contribution in [0.25, 0.3) is 0 Å². The van der Waals surface area contributed by atoms with Crippen LogP contribution in [0.1, 0.15) is 0 Å². The van der Waals surface area contributed by atoms with Crippen LogP contribution in [0.4, 0.5) is 4.79 Å². The SMILES string of the molecule is O=C(NO)NCCO. The molecule has 5 nitrogen and oxygen atoms in total. The molecule has 8 heavy (non-hydrogen) atoms. The number of aliphatic hydroxyl groups is 1. The average Bonchev–Trinajstić information content (AvgIpc) is 1.83. The maximum atomic E-state index is 9.99. The molecule has 0 aromatic rings. The van der Waals surface area contributed by atoms with Crippen molar-refractivity contribution in [2.45, 2.75) is 0 Å². The topological polar surface area (TPSA) is 81.6 Å². The molecule has 0 aromatic carbocycles. The first-order valence-corrected chi connectivity index (χ1v) is 2.10. The quantitative estimate of drug-likeness (QED) is 0.269. The number of hydrogen-bond donors (Lipinski definition) is 4. The van der Waals surface area contributed by atoms with Crippen molar-refractivity contribution < 1.29 is 15.1 Å². The summed E-state index contributed by atoms with van der Waals surface area (Å²) in [6.45, 7) is 0.0137. The molecule has 0 rings (SSSR count). The molecule has 48 valence electrons. The van der Waals surface area contributed by atoms with Crippen LogP contribution >= 0.6 is 0 Å². The van der Waals surface area contributed by atoms with Gasteiger partial charge in [0.2, 0.25) is 0 Å². The first-order chi connectivity index (χ1) is 3.81. The van der Waals surface area contributed by atoms with Gasteiger partial charge in [-0.3, -0.25) is 5.21 Å². The van der Waals surface area contributed by atoms with Gasteiger partial charge in [-0.25, -0.2) is 10.3 Å². The first-order valence-electron chi connectivity index (χ1n) is 2.10. The zero-order valence-corrected chi connectivity index (χ0v) is 4.22. The third kappa shape index (κ3) is 3.38. The number of carbonyl (C=O) groups excluding carboxylic acids is 1. The normalized spacial score (nSPS) is 8.25. The Morgan fingerprint density at radius 3 is 2.62 bits per heavy atom. The van der Waals surface area contributed by atoms with E-state index in [4.69, 9.17) is 10.3 Å². The Labute approximate surface area is 46.3 Å². The second-order valence-corrected chi connectivity index (χ2v) is 1.09. The lowest BCUT2D eigenvalue weighted by molar-refractivity contribution is 0.159. The molecule has 2 amide bonds. The van der Waals surface area contributed by atoms with E-state index in [1.807, 2.05) is 0 Å². The zero-order chi connectivity index (χ0) is 6.41. The van der Waals surface area contributed by atoms with Crippen molar-refractivity contribution >= 4 is 6.03 Å². The number of urea groups is 1. The number of rotatable bonds is 2. The van der Waals surface area contributed by atoms with Crippen molar-refractivity contribution in [1.82, 2.24) is 10.8 Å². The summed E-state index contributed by atoms with van der Waals surface area (Å²) in [4.78, 5) is 9.99. The van der Waals surface area contributed by atoms with Gasteiger partial charge in [0.05, 0.1) is 6.61 Å². The summed E-state index contributed by atoms with van der Waals surface area (Å²) in [5.41, 5.74) is 1.34. The Morgan fingerprint density at radius 1 is 1.62 bits per heavy atom. The minimum absolute atomic E-state index is 0.132. The van der Waals surface area contributed by atoms with E-state index >= 15 is 0 Å². The van der Waals surface area contributed by atoms with E-state index in [1.54, 1.807) is 0 Å². The Balaban J connectivity index is 2.99. The van der Waals surface area contributed by atoms with Gasteiger partial charge in [0.1, 0.15) is 0 Å². The second-order valence-electron chi connectivity index (χ2n) is 1.09. The van der Waals surface area contributed by atoms with Crippen LogP contribution in [0, 0.1) is 0 Å². The van der Waals surface area contributed by atoms with Gasteiger partial charge in [0.15, 0.2) is 0 Å². The molecule has 0 saturated carbocycles. The second kappa shape index (κ2) is 4.35. The van der Waals surface area contributed by atoms with E-state index in [2.05, 4.69) is 5.32 Å². The number of hydrogen-bond acceptors (Lipinski definition) is 3. The predicted octanol–water partition coefficient (Wildman–Crippen LogP) is -1.33. The van der Waals surface area contributed by atoms with Gasteiger partial charge in [-0.15, -0.1) is 0 Å². The summed E-state index contributed by atoms with van der Waals surface area (Å²) in [5.74, 6) is 0. The molecule has 0 unspecified atom stereocenters. The molecule has 0 bridgehead atoms. The summed E-state index contributed by atoms with van der Waals surface area (Å²) >= 11 is 0. The molecule has 0 fully saturated rings. The molecule has 0 saturated heterocycles. The third-order valence-electron chi connectivity index (χ3n) is 0.499. The largest absolute Gasteiger partial charge is 0.395 e. The van der Waals surface area contributed by atoms with Gasteiger partial charge >= 0.3 is 6.03 Å². The minimum Gasteiger partial charge on any atom is -0.395 e. The number of hydroxylamine groups is 1. The lowest BCUT2D eigenvalue weighted by Gasteiger charge is -1.97. The van der Waals surface area contributed by atoms with Gasteiger partial charge in [-0.05, 0) is 0 Å². The summed E-state index contributed by atoms with van der Waals surface area (Å²) in [7, 11) is 0. The van der Waals surface area contributed by atoms with E-state index in [0.29, 0.717) is 0 Å². The lowest BCUT2D eigenvalue weighted by Crippen LogP contribution is -2.34. The Hall–Kier alpha value is -0.810. The van der Waals surface area contributed by atoms with Gasteiger partial charge in [0, 0.05) is 6.54 Å². The molecule has 0 aliphatic rings. The number of aliphatic hydroxyl groups excluding tert-OH is 1. The molecule has 0 aromatic heterocycles. The Kier molecular flexibility index (Phi) is 3.91. The fourth-order valence-electron chi connectivity index (χ4n) is 0.209. The van der Waals surface area contributed by atoms with E-state index in [9.17, 15) is 4.79 Å². The van der Waals surface area contributed by atoms with Gasteiger partial charge in [0.25, 0.3) is 0 Å². The third-order valence-corrected chi connectivity index (χ3v) is 0.499. The standard InChI is InChI=1S/C3H8N2O3/c6-2-1-4-3(7)5-8/h6,8H,1-2H2,(H2,4,5,7). The van der Waals surface area contributed by atoms with Crippen LogP contribution in [-0.4, -0.2) is 29.5 Å². The van der Waals surface area contributed by atoms with E-state index in [1.165, 1.54) is 5.48 Å². The Morgan fingerprint density at radius 2 is 2.25 bits per heavy atom. The van der Waals surface area contributed by atoms with Crippen molar-refractivity contribution in [1.29, 1.82) is 0 Å². The molecular weight excluding hydrogens is 112 g/mol. The van der Waals surface area contributed by atoms with Crippen molar-refractivity contribution in [2.24, 2.45) is 0 Å². The van der Waals surface area contributed by atoms with Gasteiger partial charge < -0.3 is 10.4 Å². The van der Waals surface area contributed by atoms with E-state index in [0.717, 1.165) is 0 Å². The van der Waals surface area contributed by atoms with Gasteiger partial charge in [-0.2, -0.15) is 0 Å². The van der Waals surface area contributed by atoms with Crippen LogP contribution < -0.4 is 10.8 Å². The lowest BCUT2D eigenvalue weighted by atomic mass is 10.7. The fourth-order valence-corrected chi connectivity index (χ4v) is 0.209. The van der Waals surface area contributed by atoms with Crippen molar-refractivity contribution in [3.8, 4) is 0 Å². The molecule has 4 N–H and O–H groups in total. The van der Waals surface area contributed by atoms with Crippen LogP contribution in [0.15, 0.2) is 0 Å². The van der Waals surface area contributed by atoms with E-state index in [-0.39, 0.29) is 13.2 Å². The van der Waals surface area contributed by atoms with Crippen LogP contribution in [0.5, 0.6) is 0 Å². The predicted molar refractivity (Wildman–Crippen MR) is 25.4 cm³/mol. The van der Waals surface area contributed by atoms with Crippen LogP contribution in [0.2, 0.25) is 0 Å². The number of nitrogens with one attached hydrogen (secondary N) is 2. The first kappa shape index (κ1) is 7.19. The van der Waals surface area contributed by atoms with E-state index < -0.39 is 6.03 Å². The van der Waals surface area contributed by atoms with Crippen molar-refractivity contribution in [3.63, 3.8) is 0 Å². The fraction of sp³-hybridized carbons (Fsp3) is 0.667. The summed E-state index contributed by atoms with van der Waals surface area (Å²) in [6, 6.07) is -0.709. The zero-order valence-electron chi connectivity index (χ0n) is 4.22. The maximum absolute atomic E-state index is 9.99. The highest BCUT2D eigenvalue weighted by molar-refractivity contribution is 5.72. The molecule has 0 atom stereocenters. The number of amides is 2.